The number of carbonyl (C=O) groups excluding carboxylic acids is 1. The molecule has 2 nitrogen and oxygen atoms in total. The van der Waals surface area contributed by atoms with E-state index in [1.165, 1.54) is 18.1 Å². The Bertz CT molecular complexity index is 351. The van der Waals surface area contributed by atoms with Crippen LogP contribution < -0.4 is 0 Å². The van der Waals surface area contributed by atoms with Crippen LogP contribution in [0.3, 0.4) is 0 Å². The van der Waals surface area contributed by atoms with Crippen LogP contribution in [0.2, 0.25) is 0 Å². The first kappa shape index (κ1) is 10.7. The van der Waals surface area contributed by atoms with E-state index in [2.05, 4.69) is 12.1 Å². The molecule has 0 aromatic heterocycles. The van der Waals surface area contributed by atoms with E-state index in [4.69, 9.17) is 0 Å². The minimum atomic E-state index is -1.00. The summed E-state index contributed by atoms with van der Waals surface area (Å²) in [4.78, 5) is 10.9. The number of hydrogen-bond donors (Lipinski definition) is 0. The van der Waals surface area contributed by atoms with E-state index in [-0.39, 0.29) is 16.8 Å². The minimum Gasteiger partial charge on any atom is -0.616 e. The monoisotopic (exact) mass is 222 g/mol. The lowest BCUT2D eigenvalue weighted by Crippen LogP contribution is -2.27. The van der Waals surface area contributed by atoms with Crippen molar-refractivity contribution in [2.75, 3.05) is 5.75 Å². The lowest BCUT2D eigenvalue weighted by atomic mass is 10.1. The topological polar surface area (TPSA) is 40.1 Å². The van der Waals surface area contributed by atoms with Crippen LogP contribution in [0.5, 0.6) is 0 Å². The van der Waals surface area contributed by atoms with Gasteiger partial charge in [0.05, 0.1) is 0 Å². The smallest absolute Gasteiger partial charge is 0.178 e. The van der Waals surface area contributed by atoms with Crippen molar-refractivity contribution in [3.63, 3.8) is 0 Å². The van der Waals surface area contributed by atoms with Gasteiger partial charge in [-0.15, -0.1) is 0 Å². The Morgan fingerprint density at radius 1 is 1.40 bits per heavy atom. The lowest BCUT2D eigenvalue weighted by molar-refractivity contribution is -0.114. The molecule has 3 heteroatoms. The van der Waals surface area contributed by atoms with Gasteiger partial charge in [-0.3, -0.25) is 4.79 Å². The van der Waals surface area contributed by atoms with Gasteiger partial charge in [0.2, 0.25) is 0 Å². The third-order valence-corrected chi connectivity index (χ3v) is 4.50. The highest BCUT2D eigenvalue weighted by atomic mass is 32.2. The number of rotatable bonds is 3. The molecule has 0 saturated carbocycles. The second kappa shape index (κ2) is 4.37. The van der Waals surface area contributed by atoms with Crippen molar-refractivity contribution in [3.8, 4) is 0 Å². The molecule has 2 rings (SSSR count). The van der Waals surface area contributed by atoms with Gasteiger partial charge >= 0.3 is 0 Å². The van der Waals surface area contributed by atoms with E-state index >= 15 is 0 Å². The highest BCUT2D eigenvalue weighted by Gasteiger charge is 2.30. The van der Waals surface area contributed by atoms with Crippen LogP contribution in [-0.2, 0) is 28.8 Å². The average molecular weight is 222 g/mol. The fourth-order valence-electron chi connectivity index (χ4n) is 2.02. The third kappa shape index (κ3) is 2.41. The van der Waals surface area contributed by atoms with Gasteiger partial charge in [0.1, 0.15) is 5.25 Å². The van der Waals surface area contributed by atoms with E-state index < -0.39 is 11.2 Å². The Hall–Kier alpha value is -0.800. The van der Waals surface area contributed by atoms with Gasteiger partial charge in [0, 0.05) is 12.8 Å². The summed E-state index contributed by atoms with van der Waals surface area (Å²) >= 11 is -1.00. The molecular formula is C12H14O2S. The van der Waals surface area contributed by atoms with Gasteiger partial charge in [-0.2, -0.15) is 0 Å². The van der Waals surface area contributed by atoms with Gasteiger partial charge in [-0.25, -0.2) is 0 Å². The largest absolute Gasteiger partial charge is 0.616 e. The molecule has 1 atom stereocenters. The third-order valence-electron chi connectivity index (χ3n) is 2.73. The van der Waals surface area contributed by atoms with E-state index in [0.29, 0.717) is 0 Å². The normalized spacial score (nSPS) is 17.5. The van der Waals surface area contributed by atoms with E-state index in [1.807, 2.05) is 12.1 Å². The van der Waals surface area contributed by atoms with Gasteiger partial charge in [-0.1, -0.05) is 24.3 Å². The molecule has 1 aliphatic carbocycles. The number of carbonyl (C=O) groups is 1. The molecule has 0 fully saturated rings. The molecule has 0 amide bonds. The van der Waals surface area contributed by atoms with Crippen molar-refractivity contribution in [3.05, 3.63) is 35.4 Å². The average Bonchev–Trinajstić information content (AvgIpc) is 2.59. The minimum absolute atomic E-state index is 0.0179. The molecule has 0 heterocycles. The van der Waals surface area contributed by atoms with Gasteiger partial charge in [-0.05, 0) is 29.2 Å². The van der Waals surface area contributed by atoms with E-state index in [9.17, 15) is 9.35 Å². The van der Waals surface area contributed by atoms with Crippen LogP contribution in [-0.4, -0.2) is 21.3 Å². The van der Waals surface area contributed by atoms with Crippen LogP contribution in [0.4, 0.5) is 0 Å². The van der Waals surface area contributed by atoms with Crippen LogP contribution >= 0.6 is 0 Å². The zero-order valence-electron chi connectivity index (χ0n) is 8.73. The zero-order valence-corrected chi connectivity index (χ0v) is 9.55. The predicted octanol–water partition coefficient (Wildman–Crippen LogP) is 1.49. The summed E-state index contributed by atoms with van der Waals surface area (Å²) in [5.74, 6) is 0.225. The molecule has 0 aliphatic heterocycles. The SMILES string of the molecule is CC(=O)C[S+]([O-])C1Cc2ccccc2C1. The molecule has 1 aromatic rings. The summed E-state index contributed by atoms with van der Waals surface area (Å²) in [6.07, 6.45) is 1.71. The van der Waals surface area contributed by atoms with Gasteiger partial charge in [0.15, 0.2) is 11.5 Å². The first-order valence-electron chi connectivity index (χ1n) is 5.10. The molecule has 1 aliphatic rings. The molecule has 15 heavy (non-hydrogen) atoms. The van der Waals surface area contributed by atoms with Crippen LogP contribution in [0, 0.1) is 0 Å². The fourth-order valence-corrected chi connectivity index (χ4v) is 3.39. The molecule has 0 bridgehead atoms. The molecule has 0 spiro atoms. The Balaban J connectivity index is 2.03. The highest BCUT2D eigenvalue weighted by Crippen LogP contribution is 2.26. The summed E-state index contributed by atoms with van der Waals surface area (Å²) in [5, 5.41) is 0.145. The van der Waals surface area contributed by atoms with Crippen LogP contribution in [0.1, 0.15) is 18.1 Å². The number of ketones is 1. The Labute approximate surface area is 92.9 Å². The molecule has 0 N–H and O–H groups in total. The highest BCUT2D eigenvalue weighted by molar-refractivity contribution is 7.92. The maximum atomic E-state index is 11.8. The molecular weight excluding hydrogens is 208 g/mol. The second-order valence-electron chi connectivity index (χ2n) is 4.03. The van der Waals surface area contributed by atoms with Gasteiger partial charge in [0.25, 0.3) is 0 Å². The predicted molar refractivity (Wildman–Crippen MR) is 61.3 cm³/mol. The maximum absolute atomic E-state index is 11.8. The summed E-state index contributed by atoms with van der Waals surface area (Å²) in [6.45, 7) is 1.50. The molecule has 0 radical (unpaired) electrons. The molecule has 0 saturated heterocycles. The number of benzene rings is 1. The molecule has 80 valence electrons. The molecule has 1 unspecified atom stereocenters. The summed E-state index contributed by atoms with van der Waals surface area (Å²) in [6, 6.07) is 8.19. The summed E-state index contributed by atoms with van der Waals surface area (Å²) < 4.78 is 11.8. The Morgan fingerprint density at radius 3 is 2.40 bits per heavy atom. The number of hydrogen-bond acceptors (Lipinski definition) is 2. The number of fused-ring (bicyclic) bond motifs is 1. The van der Waals surface area contributed by atoms with Crippen molar-refractivity contribution >= 4 is 17.0 Å². The summed E-state index contributed by atoms with van der Waals surface area (Å²) in [7, 11) is 0. The Morgan fingerprint density at radius 2 is 1.93 bits per heavy atom. The van der Waals surface area contributed by atoms with Crippen LogP contribution in [0.15, 0.2) is 24.3 Å². The lowest BCUT2D eigenvalue weighted by Gasteiger charge is -2.15. The fraction of sp³-hybridized carbons (Fsp3) is 0.417. The van der Waals surface area contributed by atoms with E-state index in [1.54, 1.807) is 0 Å². The second-order valence-corrected chi connectivity index (χ2v) is 5.74. The van der Waals surface area contributed by atoms with E-state index in [0.717, 1.165) is 12.8 Å². The zero-order chi connectivity index (χ0) is 10.8. The quantitative estimate of drug-likeness (QED) is 0.727. The van der Waals surface area contributed by atoms with Crippen LogP contribution in [0.25, 0.3) is 0 Å². The first-order valence-corrected chi connectivity index (χ1v) is 6.48. The van der Waals surface area contributed by atoms with Crippen molar-refractivity contribution < 1.29 is 9.35 Å². The van der Waals surface area contributed by atoms with Crippen molar-refractivity contribution in [1.29, 1.82) is 0 Å². The van der Waals surface area contributed by atoms with Gasteiger partial charge < -0.3 is 4.55 Å². The first-order chi connectivity index (χ1) is 7.16. The van der Waals surface area contributed by atoms with Crippen molar-refractivity contribution in [2.24, 2.45) is 0 Å². The van der Waals surface area contributed by atoms with Crippen molar-refractivity contribution in [2.45, 2.75) is 25.0 Å². The summed E-state index contributed by atoms with van der Waals surface area (Å²) in [5.41, 5.74) is 2.58. The van der Waals surface area contributed by atoms with Crippen molar-refractivity contribution in [1.82, 2.24) is 0 Å². The maximum Gasteiger partial charge on any atom is 0.178 e. The number of Topliss-reactive ketones (excluding diaryl/α,β-unsaturated/α-hetero) is 1. The standard InChI is InChI=1S/C12H14O2S/c1-9(13)8-15(14)12-6-10-4-2-3-5-11(10)7-12/h2-5,12H,6-8H2,1H3. The Kier molecular flexibility index (Phi) is 3.12. The molecule has 1 aromatic carbocycles.